The number of nitrogens with zero attached hydrogens (tertiary/aromatic N) is 2. The lowest BCUT2D eigenvalue weighted by Gasteiger charge is -2.24. The average molecular weight is 380 g/mol. The largest absolute Gasteiger partial charge is 0.506 e. The third kappa shape index (κ3) is 2.26. The Balaban J connectivity index is 1.76. The number of ketones is 1. The van der Waals surface area contributed by atoms with Crippen molar-refractivity contribution in [3.8, 4) is 0 Å². The van der Waals surface area contributed by atoms with Crippen LogP contribution in [0, 0.1) is 6.92 Å². The molecule has 0 radical (unpaired) electrons. The van der Waals surface area contributed by atoms with E-state index in [4.69, 9.17) is 0 Å². The summed E-state index contributed by atoms with van der Waals surface area (Å²) in [4.78, 5) is 17.9. The van der Waals surface area contributed by atoms with Gasteiger partial charge in [0.15, 0.2) is 0 Å². The van der Waals surface area contributed by atoms with Gasteiger partial charge in [0.1, 0.15) is 5.76 Å². The number of para-hydroxylation sites is 2. The van der Waals surface area contributed by atoms with E-state index in [1.807, 2.05) is 68.5 Å². The summed E-state index contributed by atoms with van der Waals surface area (Å²) < 4.78 is 2.12. The second kappa shape index (κ2) is 6.17. The summed E-state index contributed by atoms with van der Waals surface area (Å²) in [7, 11) is 0. The molecular weight excluding hydrogens is 360 g/mol. The number of hydrogen-bond donors (Lipinski definition) is 1. The van der Waals surface area contributed by atoms with Crippen LogP contribution < -0.4 is 0 Å². The molecule has 0 fully saturated rings. The molecule has 0 saturated heterocycles. The highest BCUT2D eigenvalue weighted by Gasteiger charge is 2.41. The Labute approximate surface area is 168 Å². The second-order valence-electron chi connectivity index (χ2n) is 7.39. The fourth-order valence-corrected chi connectivity index (χ4v) is 4.51. The molecule has 0 spiro atoms. The van der Waals surface area contributed by atoms with E-state index in [0.717, 1.165) is 44.7 Å². The van der Waals surface area contributed by atoms with Crippen molar-refractivity contribution in [3.63, 3.8) is 0 Å². The molecule has 1 aromatic heterocycles. The van der Waals surface area contributed by atoms with Gasteiger partial charge in [0, 0.05) is 45.6 Å². The number of carbonyl (C=O) groups excluding carboxylic acids is 1. The molecule has 4 heteroatoms. The van der Waals surface area contributed by atoms with E-state index in [1.165, 1.54) is 0 Å². The quantitative estimate of drug-likeness (QED) is 0.479. The first-order valence-corrected chi connectivity index (χ1v) is 9.61. The summed E-state index contributed by atoms with van der Waals surface area (Å²) in [5.41, 5.74) is 6.75. The van der Waals surface area contributed by atoms with Gasteiger partial charge >= 0.3 is 0 Å². The highest BCUT2D eigenvalue weighted by molar-refractivity contribution is 6.47. The van der Waals surface area contributed by atoms with Gasteiger partial charge in [-0.2, -0.15) is 0 Å². The Hall–Kier alpha value is -3.66. The van der Waals surface area contributed by atoms with Gasteiger partial charge in [-0.3, -0.25) is 9.79 Å². The highest BCUT2D eigenvalue weighted by Crippen LogP contribution is 2.47. The number of Topliss-reactive ketones (excluding diaryl/α,β-unsaturated/α-hetero) is 1. The molecule has 1 aliphatic carbocycles. The average Bonchev–Trinajstić information content (AvgIpc) is 3.18. The molecule has 0 saturated carbocycles. The summed E-state index contributed by atoms with van der Waals surface area (Å²) in [6.07, 6.45) is 1.84. The van der Waals surface area contributed by atoms with Gasteiger partial charge in [-0.25, -0.2) is 0 Å². The zero-order valence-electron chi connectivity index (χ0n) is 16.4. The molecule has 2 heterocycles. The van der Waals surface area contributed by atoms with E-state index in [9.17, 15) is 9.90 Å². The predicted molar refractivity (Wildman–Crippen MR) is 118 cm³/mol. The smallest absolute Gasteiger partial charge is 0.201 e. The molecule has 0 unspecified atom stereocenters. The molecule has 2 aliphatic rings. The molecule has 3 aromatic rings. The predicted octanol–water partition coefficient (Wildman–Crippen LogP) is 5.55. The molecule has 4 nitrogen and oxygen atoms in total. The van der Waals surface area contributed by atoms with E-state index < -0.39 is 0 Å². The molecule has 5 rings (SSSR count). The maximum absolute atomic E-state index is 13.3. The number of fused-ring (bicyclic) bond motifs is 2. The van der Waals surface area contributed by atoms with Crippen molar-refractivity contribution in [1.29, 1.82) is 0 Å². The summed E-state index contributed by atoms with van der Waals surface area (Å²) in [6.45, 7) is 8.35. The molecule has 142 valence electrons. The minimum atomic E-state index is -0.131. The molecule has 1 aliphatic heterocycles. The fourth-order valence-electron chi connectivity index (χ4n) is 4.51. The van der Waals surface area contributed by atoms with Gasteiger partial charge < -0.3 is 9.67 Å². The van der Waals surface area contributed by atoms with Crippen LogP contribution in [0.2, 0.25) is 0 Å². The lowest BCUT2D eigenvalue weighted by Crippen LogP contribution is -2.24. The number of rotatable bonds is 3. The first-order valence-electron chi connectivity index (χ1n) is 9.61. The minimum Gasteiger partial charge on any atom is -0.506 e. The summed E-state index contributed by atoms with van der Waals surface area (Å²) in [6, 6.07) is 15.7. The van der Waals surface area contributed by atoms with E-state index in [2.05, 4.69) is 16.1 Å². The van der Waals surface area contributed by atoms with E-state index in [0.29, 0.717) is 17.7 Å². The van der Waals surface area contributed by atoms with E-state index in [-0.39, 0.29) is 11.5 Å². The van der Waals surface area contributed by atoms with Gasteiger partial charge in [0.2, 0.25) is 5.78 Å². The van der Waals surface area contributed by atoms with Crippen LogP contribution >= 0.6 is 0 Å². The Morgan fingerprint density at radius 2 is 1.76 bits per heavy atom. The number of carbonyl (C=O) groups is 1. The number of aromatic nitrogens is 1. The number of benzene rings is 2. The van der Waals surface area contributed by atoms with E-state index >= 15 is 0 Å². The third-order valence-corrected chi connectivity index (χ3v) is 5.79. The number of aliphatic hydroxyl groups excluding tert-OH is 1. The normalized spacial score (nSPS) is 18.1. The van der Waals surface area contributed by atoms with Gasteiger partial charge in [-0.05, 0) is 26.0 Å². The lowest BCUT2D eigenvalue weighted by molar-refractivity contribution is -0.111. The Morgan fingerprint density at radius 3 is 2.52 bits per heavy atom. The molecule has 0 bridgehead atoms. The number of hydrogen-bond acceptors (Lipinski definition) is 3. The standard InChI is InChI=1S/C25H20N2O2/c1-4-13-27-15(3)21(17-10-6-8-12-19(17)27)23-24(28)22(25(23)29)20-14(2)26-18-11-7-5-9-16(18)20/h4-12,28H,1,13H2,2-3H3. The maximum atomic E-state index is 13.3. The molecule has 0 amide bonds. The monoisotopic (exact) mass is 380 g/mol. The molecule has 29 heavy (non-hydrogen) atoms. The van der Waals surface area contributed by atoms with Gasteiger partial charge in [0.05, 0.1) is 16.8 Å². The minimum absolute atomic E-state index is 0.0564. The SMILES string of the molecule is C=CCn1c(C)c(C2=C(O)C(=C3C(C)=Nc4ccccc43)C2=O)c2ccccc21. The summed E-state index contributed by atoms with van der Waals surface area (Å²) in [5, 5.41) is 12.0. The Kier molecular flexibility index (Phi) is 3.71. The zero-order valence-corrected chi connectivity index (χ0v) is 16.4. The van der Waals surface area contributed by atoms with Crippen LogP contribution in [0.5, 0.6) is 0 Å². The molecule has 0 atom stereocenters. The highest BCUT2D eigenvalue weighted by atomic mass is 16.3. The summed E-state index contributed by atoms with van der Waals surface area (Å²) >= 11 is 0. The third-order valence-electron chi connectivity index (χ3n) is 5.79. The molecule has 1 N–H and O–H groups in total. The van der Waals surface area contributed by atoms with Crippen LogP contribution in [0.3, 0.4) is 0 Å². The van der Waals surface area contributed by atoms with Crippen LogP contribution in [0.1, 0.15) is 23.7 Å². The topological polar surface area (TPSA) is 54.6 Å². The van der Waals surface area contributed by atoms with Crippen molar-refractivity contribution >= 4 is 39.2 Å². The second-order valence-corrected chi connectivity index (χ2v) is 7.39. The number of allylic oxidation sites excluding steroid dienone is 4. The van der Waals surface area contributed by atoms with Crippen molar-refractivity contribution in [3.05, 3.63) is 89.3 Å². The molecule has 2 aromatic carbocycles. The lowest BCUT2D eigenvalue weighted by atomic mass is 9.78. The Bertz CT molecular complexity index is 1330. The van der Waals surface area contributed by atoms with Crippen LogP contribution in [0.15, 0.2) is 77.5 Å². The number of aliphatic imine (C=N–C) groups is 1. The van der Waals surface area contributed by atoms with Crippen LogP contribution in [-0.2, 0) is 11.3 Å². The van der Waals surface area contributed by atoms with E-state index in [1.54, 1.807) is 0 Å². The first kappa shape index (κ1) is 17.4. The number of aliphatic hydroxyl groups is 1. The Morgan fingerprint density at radius 1 is 1.03 bits per heavy atom. The molecular formula is C25H20N2O2. The first-order chi connectivity index (χ1) is 14.0. The van der Waals surface area contributed by atoms with Gasteiger partial charge in [0.25, 0.3) is 0 Å². The van der Waals surface area contributed by atoms with Crippen molar-refractivity contribution in [2.75, 3.05) is 0 Å². The fraction of sp³-hybridized carbons (Fsp3) is 0.120. The maximum Gasteiger partial charge on any atom is 0.201 e. The van der Waals surface area contributed by atoms with Crippen LogP contribution in [0.4, 0.5) is 5.69 Å². The van der Waals surface area contributed by atoms with Gasteiger partial charge in [-0.1, -0.05) is 42.5 Å². The van der Waals surface area contributed by atoms with Crippen molar-refractivity contribution in [2.24, 2.45) is 4.99 Å². The van der Waals surface area contributed by atoms with Crippen molar-refractivity contribution < 1.29 is 9.90 Å². The zero-order chi connectivity index (χ0) is 20.3. The van der Waals surface area contributed by atoms with Crippen LogP contribution in [0.25, 0.3) is 22.0 Å². The van der Waals surface area contributed by atoms with Crippen molar-refractivity contribution in [1.82, 2.24) is 4.57 Å². The van der Waals surface area contributed by atoms with Crippen LogP contribution in [-0.4, -0.2) is 21.2 Å². The summed E-state index contributed by atoms with van der Waals surface area (Å²) in [5.74, 6) is -0.0748. The van der Waals surface area contributed by atoms with Crippen molar-refractivity contribution in [2.45, 2.75) is 20.4 Å². The van der Waals surface area contributed by atoms with Gasteiger partial charge in [-0.15, -0.1) is 6.58 Å².